The van der Waals surface area contributed by atoms with Gasteiger partial charge >= 0.3 is 10.2 Å². The van der Waals surface area contributed by atoms with Gasteiger partial charge in [0.25, 0.3) is 0 Å². The molecule has 5 nitrogen and oxygen atoms in total. The van der Waals surface area contributed by atoms with Crippen molar-refractivity contribution in [3.05, 3.63) is 42.2 Å². The quantitative estimate of drug-likeness (QED) is 0.754. The fourth-order valence-electron chi connectivity index (χ4n) is 1.22. The van der Waals surface area contributed by atoms with Crippen molar-refractivity contribution in [3.63, 3.8) is 0 Å². The van der Waals surface area contributed by atoms with Crippen LogP contribution in [0.3, 0.4) is 0 Å². The number of benzene rings is 1. The van der Waals surface area contributed by atoms with Crippen LogP contribution in [-0.2, 0) is 16.0 Å². The maximum atomic E-state index is 12.4. The maximum absolute atomic E-state index is 12.4. The fraction of sp³-hybridized carbons (Fsp3) is 0.111. The van der Waals surface area contributed by atoms with Gasteiger partial charge in [0.05, 0.1) is 11.9 Å². The molecule has 2 aromatic rings. The van der Waals surface area contributed by atoms with Crippen LogP contribution in [0.1, 0.15) is 5.69 Å². The van der Waals surface area contributed by atoms with Crippen LogP contribution in [0, 0.1) is 0 Å². The number of aromatic nitrogens is 3. The van der Waals surface area contributed by atoms with E-state index >= 15 is 0 Å². The molecule has 1 heterocycles. The fourth-order valence-corrected chi connectivity index (χ4v) is 1.71. The van der Waals surface area contributed by atoms with Gasteiger partial charge in [0.15, 0.2) is 0 Å². The van der Waals surface area contributed by atoms with Gasteiger partial charge in [0.2, 0.25) is 0 Å². The van der Waals surface area contributed by atoms with E-state index in [0.29, 0.717) is 5.69 Å². The van der Waals surface area contributed by atoms with Gasteiger partial charge < -0.3 is 0 Å². The van der Waals surface area contributed by atoms with E-state index in [1.54, 1.807) is 24.3 Å². The van der Waals surface area contributed by atoms with Crippen LogP contribution in [-0.4, -0.2) is 23.4 Å². The maximum Gasteiger partial charge on any atom is 0.308 e. The Bertz CT molecular complexity index is 580. The van der Waals surface area contributed by atoms with Crippen LogP contribution in [0.15, 0.2) is 36.5 Å². The van der Waals surface area contributed by atoms with E-state index < -0.39 is 16.0 Å². The minimum atomic E-state index is -4.56. The van der Waals surface area contributed by atoms with Crippen LogP contribution >= 0.6 is 0 Å². The lowest BCUT2D eigenvalue weighted by molar-refractivity contribution is 0.550. The lowest BCUT2D eigenvalue weighted by Crippen LogP contribution is -2.01. The lowest BCUT2D eigenvalue weighted by atomic mass is 10.3. The molecule has 1 aromatic carbocycles. The van der Waals surface area contributed by atoms with Gasteiger partial charge in [-0.2, -0.15) is 23.4 Å². The molecule has 0 radical (unpaired) electrons. The van der Waals surface area contributed by atoms with Crippen molar-refractivity contribution >= 4 is 10.2 Å². The van der Waals surface area contributed by atoms with Crippen LogP contribution in [0.2, 0.25) is 0 Å². The average Bonchev–Trinajstić information content (AvgIpc) is 2.65. The summed E-state index contributed by atoms with van der Waals surface area (Å²) in [5, 5.41) is 7.70. The van der Waals surface area contributed by atoms with Crippen LogP contribution in [0.4, 0.5) is 3.89 Å². The first-order chi connectivity index (χ1) is 7.54. The first-order valence-corrected chi connectivity index (χ1v) is 5.99. The van der Waals surface area contributed by atoms with E-state index in [0.717, 1.165) is 0 Å². The molecular weight excluding hydrogens is 233 g/mol. The number of hydrogen-bond donors (Lipinski definition) is 0. The van der Waals surface area contributed by atoms with Crippen LogP contribution in [0.5, 0.6) is 0 Å². The minimum absolute atomic E-state index is 0.0753. The molecule has 7 heteroatoms. The molecule has 0 unspecified atom stereocenters. The van der Waals surface area contributed by atoms with E-state index in [1.807, 2.05) is 6.07 Å². The Kier molecular flexibility index (Phi) is 2.69. The second kappa shape index (κ2) is 4.01. The number of halogens is 1. The van der Waals surface area contributed by atoms with Gasteiger partial charge in [-0.05, 0) is 12.1 Å². The van der Waals surface area contributed by atoms with E-state index in [4.69, 9.17) is 0 Å². The summed E-state index contributed by atoms with van der Waals surface area (Å²) in [5.41, 5.74) is 0.761. The van der Waals surface area contributed by atoms with E-state index in [9.17, 15) is 12.3 Å². The van der Waals surface area contributed by atoms with Crippen molar-refractivity contribution in [1.82, 2.24) is 15.0 Å². The van der Waals surface area contributed by atoms with E-state index in [-0.39, 0.29) is 5.69 Å². The van der Waals surface area contributed by atoms with Crippen molar-refractivity contribution in [2.45, 2.75) is 5.75 Å². The Morgan fingerprint density at radius 3 is 2.56 bits per heavy atom. The highest BCUT2D eigenvalue weighted by atomic mass is 32.3. The first kappa shape index (κ1) is 10.7. The Hall–Kier alpha value is -1.76. The molecular formula is C9H8FN3O2S. The van der Waals surface area contributed by atoms with Crippen molar-refractivity contribution in [2.75, 3.05) is 0 Å². The second-order valence-corrected chi connectivity index (χ2v) is 4.51. The molecule has 0 aliphatic carbocycles. The molecule has 16 heavy (non-hydrogen) atoms. The zero-order valence-corrected chi connectivity index (χ0v) is 8.93. The predicted molar refractivity (Wildman–Crippen MR) is 55.1 cm³/mol. The Morgan fingerprint density at radius 1 is 1.25 bits per heavy atom. The zero-order chi connectivity index (χ0) is 11.6. The summed E-state index contributed by atoms with van der Waals surface area (Å²) in [5.74, 6) is -0.750. The largest absolute Gasteiger partial charge is 0.308 e. The third-order valence-electron chi connectivity index (χ3n) is 1.85. The summed E-state index contributed by atoms with van der Waals surface area (Å²) in [6, 6.07) is 8.94. The van der Waals surface area contributed by atoms with Gasteiger partial charge in [-0.1, -0.05) is 18.2 Å². The van der Waals surface area contributed by atoms with Crippen LogP contribution in [0.25, 0.3) is 5.69 Å². The van der Waals surface area contributed by atoms with E-state index in [1.165, 1.54) is 11.0 Å². The highest BCUT2D eigenvalue weighted by molar-refractivity contribution is 7.85. The number of nitrogens with zero attached hydrogens (tertiary/aromatic N) is 3. The summed E-state index contributed by atoms with van der Waals surface area (Å²) in [7, 11) is -4.56. The molecule has 0 aliphatic heterocycles. The highest BCUT2D eigenvalue weighted by Gasteiger charge is 2.12. The minimum Gasteiger partial charge on any atom is -0.194 e. The topological polar surface area (TPSA) is 64.8 Å². The van der Waals surface area contributed by atoms with E-state index in [2.05, 4.69) is 10.2 Å². The molecule has 0 spiro atoms. The molecule has 0 saturated heterocycles. The molecule has 0 atom stereocenters. The SMILES string of the molecule is O=S(=O)(F)Cc1cnn(-c2ccccc2)n1. The van der Waals surface area contributed by atoms with Crippen molar-refractivity contribution in [3.8, 4) is 5.69 Å². The number of para-hydroxylation sites is 1. The molecule has 84 valence electrons. The van der Waals surface area contributed by atoms with Gasteiger partial charge in [-0.3, -0.25) is 0 Å². The highest BCUT2D eigenvalue weighted by Crippen LogP contribution is 2.07. The summed E-state index contributed by atoms with van der Waals surface area (Å²) in [6.07, 6.45) is 1.23. The van der Waals surface area contributed by atoms with Gasteiger partial charge in [-0.15, -0.1) is 3.89 Å². The number of hydrogen-bond acceptors (Lipinski definition) is 4. The molecule has 0 saturated carbocycles. The Balaban J connectivity index is 2.27. The smallest absolute Gasteiger partial charge is 0.194 e. The first-order valence-electron chi connectivity index (χ1n) is 4.43. The Morgan fingerprint density at radius 2 is 1.94 bits per heavy atom. The molecule has 0 bridgehead atoms. The summed E-state index contributed by atoms with van der Waals surface area (Å²) < 4.78 is 33.2. The van der Waals surface area contributed by atoms with Crippen molar-refractivity contribution in [1.29, 1.82) is 0 Å². The third-order valence-corrected chi connectivity index (χ3v) is 2.49. The molecule has 0 aliphatic rings. The number of rotatable bonds is 3. The van der Waals surface area contributed by atoms with Gasteiger partial charge in [0.1, 0.15) is 11.4 Å². The molecule has 1 aromatic heterocycles. The van der Waals surface area contributed by atoms with Crippen molar-refractivity contribution < 1.29 is 12.3 Å². The molecule has 0 amide bonds. The standard InChI is InChI=1S/C9H8FN3O2S/c10-16(14,15)7-8-6-11-13(12-8)9-4-2-1-3-5-9/h1-6H,7H2. The Labute approximate surface area is 91.7 Å². The third kappa shape index (κ3) is 2.63. The molecule has 0 N–H and O–H groups in total. The molecule has 2 rings (SSSR count). The summed E-state index contributed by atoms with van der Waals surface area (Å²) in [4.78, 5) is 1.25. The normalized spacial score (nSPS) is 11.6. The monoisotopic (exact) mass is 241 g/mol. The predicted octanol–water partition coefficient (Wildman–Crippen LogP) is 1.07. The summed E-state index contributed by atoms with van der Waals surface area (Å²) in [6.45, 7) is 0. The second-order valence-electron chi connectivity index (χ2n) is 3.14. The van der Waals surface area contributed by atoms with Crippen LogP contribution < -0.4 is 0 Å². The zero-order valence-electron chi connectivity index (χ0n) is 8.12. The molecule has 0 fully saturated rings. The average molecular weight is 241 g/mol. The lowest BCUT2D eigenvalue weighted by Gasteiger charge is -1.96. The van der Waals surface area contributed by atoms with Gasteiger partial charge in [-0.25, -0.2) is 0 Å². The summed E-state index contributed by atoms with van der Waals surface area (Å²) >= 11 is 0. The van der Waals surface area contributed by atoms with Gasteiger partial charge in [0, 0.05) is 0 Å². The van der Waals surface area contributed by atoms with Crippen molar-refractivity contribution in [2.24, 2.45) is 0 Å².